The van der Waals surface area contributed by atoms with E-state index in [9.17, 15) is 47.1 Å². The molecule has 1 fully saturated rings. The first-order chi connectivity index (χ1) is 31.8. The normalized spacial score (nSPS) is 14.2. The number of benzene rings is 1. The lowest BCUT2D eigenvalue weighted by molar-refractivity contribution is -0.200. The first-order valence-electron chi connectivity index (χ1n) is 23.0. The number of amides is 5. The molecule has 3 rings (SSSR count). The predicted octanol–water partition coefficient (Wildman–Crippen LogP) is 5.38. The molecule has 0 unspecified atom stereocenters. The molecule has 0 aliphatic carbocycles. The SMILES string of the molecule is CC(C)(CCOC(C)(C)CC(=O)NC(C)(C)CCOC(C)(C)CC(=O)ON1C(=O)CCC1=O)NC(=O)CC(C)(C)NC(=O)c1cnc(NS(=O)(=O)c2ccc(OC(C)(C)CC(C)(C)C(=O)O)cc2)nc1. The number of carbonyl (C=O) groups excluding carboxylic acids is 6. The number of carboxylic acids is 1. The van der Waals surface area contributed by atoms with Crippen molar-refractivity contribution < 1.29 is 66.1 Å². The Hall–Kier alpha value is -5.74. The summed E-state index contributed by atoms with van der Waals surface area (Å²) in [4.78, 5) is 99.8. The number of anilines is 1. The van der Waals surface area contributed by atoms with E-state index in [2.05, 4.69) is 30.6 Å². The van der Waals surface area contributed by atoms with Crippen molar-refractivity contribution in [3.63, 3.8) is 0 Å². The van der Waals surface area contributed by atoms with Crippen molar-refractivity contribution in [1.82, 2.24) is 31.0 Å². The highest BCUT2D eigenvalue weighted by Gasteiger charge is 2.38. The number of aromatic nitrogens is 2. The Morgan fingerprint density at radius 2 is 1.13 bits per heavy atom. The molecule has 2 aromatic rings. The van der Waals surface area contributed by atoms with Gasteiger partial charge in [0.25, 0.3) is 27.7 Å². The minimum absolute atomic E-state index is 0.00329. The Morgan fingerprint density at radius 1 is 0.657 bits per heavy atom. The van der Waals surface area contributed by atoms with Crippen molar-refractivity contribution >= 4 is 57.4 Å². The minimum atomic E-state index is -4.14. The van der Waals surface area contributed by atoms with Gasteiger partial charge in [0.05, 0.1) is 39.9 Å². The highest BCUT2D eigenvalue weighted by atomic mass is 32.2. The summed E-state index contributed by atoms with van der Waals surface area (Å²) in [5, 5.41) is 18.8. The molecule has 70 heavy (non-hydrogen) atoms. The van der Waals surface area contributed by atoms with E-state index in [0.717, 1.165) is 12.4 Å². The highest BCUT2D eigenvalue weighted by molar-refractivity contribution is 7.92. The van der Waals surface area contributed by atoms with Gasteiger partial charge in [-0.2, -0.15) is 0 Å². The lowest BCUT2D eigenvalue weighted by Crippen LogP contribution is -2.51. The number of nitrogens with one attached hydrogen (secondary N) is 4. The van der Waals surface area contributed by atoms with Crippen molar-refractivity contribution in [3.8, 4) is 5.75 Å². The molecule has 1 saturated heterocycles. The fourth-order valence-corrected chi connectivity index (χ4v) is 8.40. The van der Waals surface area contributed by atoms with E-state index >= 15 is 0 Å². The van der Waals surface area contributed by atoms with Crippen molar-refractivity contribution in [1.29, 1.82) is 0 Å². The van der Waals surface area contributed by atoms with E-state index in [4.69, 9.17) is 19.0 Å². The average molecular weight is 1000 g/mol. The Bertz CT molecular complexity index is 2330. The van der Waals surface area contributed by atoms with Gasteiger partial charge in [0.1, 0.15) is 11.4 Å². The first kappa shape index (κ1) is 58.6. The monoisotopic (exact) mass is 1000 g/mol. The number of hydrogen-bond acceptors (Lipinski definition) is 15. The highest BCUT2D eigenvalue weighted by Crippen LogP contribution is 2.32. The second-order valence-corrected chi connectivity index (χ2v) is 23.8. The van der Waals surface area contributed by atoms with Gasteiger partial charge in [-0.3, -0.25) is 28.8 Å². The molecular weight excluding hydrogens is 931 g/mol. The van der Waals surface area contributed by atoms with Crippen LogP contribution in [0.25, 0.3) is 0 Å². The van der Waals surface area contributed by atoms with Gasteiger partial charge in [0.15, 0.2) is 0 Å². The Kier molecular flexibility index (Phi) is 18.9. The Labute approximate surface area is 411 Å². The maximum absolute atomic E-state index is 13.2. The zero-order valence-corrected chi connectivity index (χ0v) is 43.9. The Balaban J connectivity index is 1.42. The number of hydroxylamine groups is 2. The van der Waals surface area contributed by atoms with Crippen LogP contribution in [0.15, 0.2) is 41.6 Å². The third-order valence-corrected chi connectivity index (χ3v) is 12.3. The van der Waals surface area contributed by atoms with Gasteiger partial charge in [-0.05, 0) is 134 Å². The molecule has 22 heteroatoms. The molecule has 2 heterocycles. The predicted molar refractivity (Wildman–Crippen MR) is 256 cm³/mol. The summed E-state index contributed by atoms with van der Waals surface area (Å²) < 4.78 is 46.4. The Morgan fingerprint density at radius 3 is 1.61 bits per heavy atom. The summed E-state index contributed by atoms with van der Waals surface area (Å²) in [6.07, 6.45) is 3.03. The molecule has 5 amide bonds. The summed E-state index contributed by atoms with van der Waals surface area (Å²) in [5.41, 5.74) is -6.15. The molecule has 1 aliphatic rings. The molecule has 21 nitrogen and oxygen atoms in total. The topological polar surface area (TPSA) is 288 Å². The number of nitrogens with zero attached hydrogens (tertiary/aromatic N) is 3. The number of carbonyl (C=O) groups is 7. The maximum Gasteiger partial charge on any atom is 0.336 e. The number of aliphatic carboxylic acids is 1. The second kappa shape index (κ2) is 22.6. The van der Waals surface area contributed by atoms with Crippen LogP contribution in [0.1, 0.15) is 159 Å². The molecule has 5 N–H and O–H groups in total. The molecular formula is C48H73N7O14S. The van der Waals surface area contributed by atoms with E-state index in [0.29, 0.717) is 23.7 Å². The molecule has 1 aromatic carbocycles. The molecule has 0 spiro atoms. The standard InChI is InChI=1S/C48H73N7O14S/c1-42(2,40(62)63)30-48(13,14)68-32-15-17-33(18-16-32)70(64,65)54-41-49-28-31(29-50-41)39(61)53-45(7,8)25-34(56)51-43(3,4)21-23-66-46(9,10)26-35(57)52-44(5,6)22-24-67-47(11,12)27-38(60)69-55-36(58)19-20-37(55)59/h15-18,28-29H,19-27,30H2,1-14H3,(H,51,56)(H,52,57)(H,53,61)(H,62,63)(H,49,50,54). The van der Waals surface area contributed by atoms with Gasteiger partial charge in [-0.15, -0.1) is 5.06 Å². The van der Waals surface area contributed by atoms with Crippen molar-refractivity contribution in [2.45, 2.75) is 187 Å². The number of hydrogen-bond donors (Lipinski definition) is 5. The zero-order valence-electron chi connectivity index (χ0n) is 43.0. The van der Waals surface area contributed by atoms with Crippen molar-refractivity contribution in [2.24, 2.45) is 5.41 Å². The van der Waals surface area contributed by atoms with Crippen LogP contribution in [0.2, 0.25) is 0 Å². The van der Waals surface area contributed by atoms with Gasteiger partial charge < -0.3 is 40.1 Å². The summed E-state index contributed by atoms with van der Waals surface area (Å²) in [7, 11) is -4.14. The van der Waals surface area contributed by atoms with Crippen LogP contribution < -0.4 is 25.4 Å². The molecule has 1 aliphatic heterocycles. The molecule has 0 saturated carbocycles. The second-order valence-electron chi connectivity index (χ2n) is 22.1. The van der Waals surface area contributed by atoms with E-state index < -0.39 is 78.5 Å². The van der Waals surface area contributed by atoms with Crippen LogP contribution in [0.3, 0.4) is 0 Å². The lowest BCUT2D eigenvalue weighted by Gasteiger charge is -2.33. The van der Waals surface area contributed by atoms with Gasteiger partial charge in [0, 0.05) is 67.9 Å². The van der Waals surface area contributed by atoms with Gasteiger partial charge >= 0.3 is 11.9 Å². The third-order valence-electron chi connectivity index (χ3n) is 10.9. The number of rotatable bonds is 27. The fraction of sp³-hybridized carbons (Fsp3) is 0.646. The summed E-state index contributed by atoms with van der Waals surface area (Å²) >= 11 is 0. The molecule has 390 valence electrons. The molecule has 0 bridgehead atoms. The quantitative estimate of drug-likeness (QED) is 0.0702. The van der Waals surface area contributed by atoms with E-state index in [1.807, 2.05) is 27.7 Å². The van der Waals surface area contributed by atoms with Gasteiger partial charge in [-0.1, -0.05) is 0 Å². The van der Waals surface area contributed by atoms with Crippen LogP contribution in [-0.2, 0) is 53.1 Å². The summed E-state index contributed by atoms with van der Waals surface area (Å²) in [5.74, 6) is -4.00. The molecule has 0 radical (unpaired) electrons. The largest absolute Gasteiger partial charge is 0.488 e. The van der Waals surface area contributed by atoms with Crippen LogP contribution in [0.4, 0.5) is 5.95 Å². The zero-order chi connectivity index (χ0) is 53.3. The fourth-order valence-electron chi connectivity index (χ4n) is 7.45. The summed E-state index contributed by atoms with van der Waals surface area (Å²) in [6, 6.07) is 5.56. The average Bonchev–Trinajstić information content (AvgIpc) is 3.47. The van der Waals surface area contributed by atoms with Crippen LogP contribution >= 0.6 is 0 Å². The van der Waals surface area contributed by atoms with Crippen molar-refractivity contribution in [2.75, 3.05) is 17.9 Å². The van der Waals surface area contributed by atoms with Crippen LogP contribution in [-0.4, -0.2) is 117 Å². The minimum Gasteiger partial charge on any atom is -0.488 e. The van der Waals surface area contributed by atoms with Gasteiger partial charge in [-0.25, -0.2) is 27.9 Å². The smallest absolute Gasteiger partial charge is 0.336 e. The number of sulfonamides is 1. The third kappa shape index (κ3) is 19.6. The molecule has 1 aromatic heterocycles. The van der Waals surface area contributed by atoms with E-state index in [1.54, 1.807) is 69.2 Å². The van der Waals surface area contributed by atoms with Crippen molar-refractivity contribution in [3.05, 3.63) is 42.2 Å². The maximum atomic E-state index is 13.2. The van der Waals surface area contributed by atoms with Crippen LogP contribution in [0.5, 0.6) is 5.75 Å². The van der Waals surface area contributed by atoms with Crippen LogP contribution in [0, 0.1) is 5.41 Å². The number of ether oxygens (including phenoxy) is 3. The summed E-state index contributed by atoms with van der Waals surface area (Å²) in [6.45, 7) is 24.7. The van der Waals surface area contributed by atoms with E-state index in [1.165, 1.54) is 24.3 Å². The van der Waals surface area contributed by atoms with E-state index in [-0.39, 0.29) is 80.0 Å². The number of carboxylic acid groups (broad SMARTS) is 1. The van der Waals surface area contributed by atoms with Gasteiger partial charge in [0.2, 0.25) is 17.8 Å². The lowest BCUT2D eigenvalue weighted by atomic mass is 9.82. The first-order valence-corrected chi connectivity index (χ1v) is 24.5. The molecule has 0 atom stereocenters. The number of imide groups is 1.